The van der Waals surface area contributed by atoms with Gasteiger partial charge in [0.05, 0.1) is 5.69 Å². The fraction of sp³-hybridized carbons (Fsp3) is 0.346. The van der Waals surface area contributed by atoms with E-state index in [1.807, 2.05) is 31.2 Å². The van der Waals surface area contributed by atoms with Gasteiger partial charge in [0.1, 0.15) is 5.82 Å². The van der Waals surface area contributed by atoms with Crippen molar-refractivity contribution in [2.24, 2.45) is 0 Å². The summed E-state index contributed by atoms with van der Waals surface area (Å²) in [7, 11) is 1.80. The van der Waals surface area contributed by atoms with Crippen LogP contribution in [0.4, 0.5) is 4.39 Å². The first-order valence-electron chi connectivity index (χ1n) is 11.3. The number of carbonyl (C=O) groups excluding carboxylic acids is 2. The summed E-state index contributed by atoms with van der Waals surface area (Å²) in [6, 6.07) is 15.7. The fourth-order valence-electron chi connectivity index (χ4n) is 3.62. The topological polar surface area (TPSA) is 78.1 Å². The van der Waals surface area contributed by atoms with Gasteiger partial charge in [0.25, 0.3) is 5.91 Å². The summed E-state index contributed by atoms with van der Waals surface area (Å²) >= 11 is 0. The lowest BCUT2D eigenvalue weighted by atomic mass is 10.1. The monoisotopic (exact) mass is 450 g/mol. The zero-order chi connectivity index (χ0) is 23.6. The van der Waals surface area contributed by atoms with E-state index < -0.39 is 0 Å². The van der Waals surface area contributed by atoms with Crippen LogP contribution in [-0.2, 0) is 11.2 Å². The van der Waals surface area contributed by atoms with E-state index in [0.29, 0.717) is 18.7 Å². The number of halogens is 1. The standard InChI is InChI=1S/C26H31FN4O2/c1-19-8-5-6-10-23(19)26(33)28-16-15-25(32)31(2)17-7-3-4-9-22-18-24(30-29-22)20-11-13-21(27)14-12-20/h5-6,8,10-14,18H,3-4,7,9,15-17H2,1-2H3,(H,28,33)(H,29,30). The summed E-state index contributed by atoms with van der Waals surface area (Å²) in [6.45, 7) is 2.91. The predicted molar refractivity (Wildman–Crippen MR) is 127 cm³/mol. The van der Waals surface area contributed by atoms with Crippen molar-refractivity contribution in [3.63, 3.8) is 0 Å². The van der Waals surface area contributed by atoms with E-state index in [4.69, 9.17) is 0 Å². The van der Waals surface area contributed by atoms with Crippen molar-refractivity contribution in [3.8, 4) is 11.3 Å². The highest BCUT2D eigenvalue weighted by Gasteiger charge is 2.11. The number of benzene rings is 2. The zero-order valence-electron chi connectivity index (χ0n) is 19.2. The average molecular weight is 451 g/mol. The molecule has 0 unspecified atom stereocenters. The van der Waals surface area contributed by atoms with Crippen molar-refractivity contribution in [2.45, 2.75) is 39.0 Å². The number of aromatic nitrogens is 2. The van der Waals surface area contributed by atoms with Gasteiger partial charge in [-0.1, -0.05) is 24.6 Å². The number of unbranched alkanes of at least 4 members (excludes halogenated alkanes) is 2. The van der Waals surface area contributed by atoms with Crippen LogP contribution in [0.3, 0.4) is 0 Å². The van der Waals surface area contributed by atoms with Crippen LogP contribution in [0.1, 0.15) is 47.3 Å². The van der Waals surface area contributed by atoms with Crippen LogP contribution in [-0.4, -0.2) is 47.0 Å². The van der Waals surface area contributed by atoms with Gasteiger partial charge < -0.3 is 10.2 Å². The molecule has 0 saturated carbocycles. The van der Waals surface area contributed by atoms with Gasteiger partial charge in [-0.3, -0.25) is 14.7 Å². The molecule has 6 nitrogen and oxygen atoms in total. The number of H-pyrrole nitrogens is 1. The molecule has 33 heavy (non-hydrogen) atoms. The van der Waals surface area contributed by atoms with Crippen LogP contribution in [0.25, 0.3) is 11.3 Å². The molecule has 1 aromatic heterocycles. The largest absolute Gasteiger partial charge is 0.352 e. The van der Waals surface area contributed by atoms with Gasteiger partial charge in [0, 0.05) is 43.4 Å². The zero-order valence-corrected chi connectivity index (χ0v) is 19.2. The third-order valence-electron chi connectivity index (χ3n) is 5.65. The molecule has 0 bridgehead atoms. The first-order chi connectivity index (χ1) is 15.9. The van der Waals surface area contributed by atoms with Crippen molar-refractivity contribution in [2.75, 3.05) is 20.1 Å². The Balaban J connectivity index is 1.30. The second-order valence-corrected chi connectivity index (χ2v) is 8.23. The number of carbonyl (C=O) groups is 2. The van der Waals surface area contributed by atoms with Gasteiger partial charge in [-0.25, -0.2) is 4.39 Å². The average Bonchev–Trinajstić information content (AvgIpc) is 3.28. The van der Waals surface area contributed by atoms with E-state index in [2.05, 4.69) is 15.5 Å². The van der Waals surface area contributed by atoms with Crippen LogP contribution < -0.4 is 5.32 Å². The van der Waals surface area contributed by atoms with Gasteiger partial charge in [0.2, 0.25) is 5.91 Å². The summed E-state index contributed by atoms with van der Waals surface area (Å²) in [5, 5.41) is 10.2. The molecule has 0 saturated heterocycles. The lowest BCUT2D eigenvalue weighted by molar-refractivity contribution is -0.129. The number of hydrogen-bond acceptors (Lipinski definition) is 3. The quantitative estimate of drug-likeness (QED) is 0.422. The van der Waals surface area contributed by atoms with E-state index in [1.54, 1.807) is 30.1 Å². The van der Waals surface area contributed by atoms with Gasteiger partial charge in [-0.05, 0) is 68.1 Å². The van der Waals surface area contributed by atoms with Gasteiger partial charge in [-0.15, -0.1) is 0 Å². The molecule has 2 N–H and O–H groups in total. The Morgan fingerprint density at radius 1 is 1.06 bits per heavy atom. The Bertz CT molecular complexity index is 1060. The number of aromatic amines is 1. The van der Waals surface area contributed by atoms with Crippen LogP contribution in [0.2, 0.25) is 0 Å². The lowest BCUT2D eigenvalue weighted by Crippen LogP contribution is -2.32. The molecular formula is C26H31FN4O2. The van der Waals surface area contributed by atoms with E-state index in [-0.39, 0.29) is 24.1 Å². The van der Waals surface area contributed by atoms with Crippen molar-refractivity contribution in [3.05, 3.63) is 77.2 Å². The molecule has 1 heterocycles. The van der Waals surface area contributed by atoms with E-state index >= 15 is 0 Å². The molecule has 2 aromatic carbocycles. The Hall–Kier alpha value is -3.48. The Labute approximate surface area is 194 Å². The van der Waals surface area contributed by atoms with Crippen LogP contribution in [0.15, 0.2) is 54.6 Å². The highest BCUT2D eigenvalue weighted by molar-refractivity contribution is 5.95. The minimum absolute atomic E-state index is 0.0255. The summed E-state index contributed by atoms with van der Waals surface area (Å²) in [5.41, 5.74) is 4.29. The minimum atomic E-state index is -0.259. The smallest absolute Gasteiger partial charge is 0.251 e. The van der Waals surface area contributed by atoms with Crippen molar-refractivity contribution >= 4 is 11.8 Å². The number of amides is 2. The van der Waals surface area contributed by atoms with Crippen molar-refractivity contribution in [1.82, 2.24) is 20.4 Å². The lowest BCUT2D eigenvalue weighted by Gasteiger charge is -2.17. The SMILES string of the molecule is Cc1ccccc1C(=O)NCCC(=O)N(C)CCCCCc1cc(-c2ccc(F)cc2)n[nH]1. The molecule has 0 aliphatic rings. The van der Waals surface area contributed by atoms with Gasteiger partial charge in [0.15, 0.2) is 0 Å². The molecule has 3 rings (SSSR count). The molecule has 0 atom stereocenters. The Morgan fingerprint density at radius 2 is 1.82 bits per heavy atom. The molecule has 0 fully saturated rings. The molecule has 3 aromatic rings. The fourth-order valence-corrected chi connectivity index (χ4v) is 3.62. The summed E-state index contributed by atoms with van der Waals surface area (Å²) in [5.74, 6) is -0.382. The van der Waals surface area contributed by atoms with Crippen LogP contribution >= 0.6 is 0 Å². The van der Waals surface area contributed by atoms with Crippen LogP contribution in [0.5, 0.6) is 0 Å². The van der Waals surface area contributed by atoms with Crippen molar-refractivity contribution in [1.29, 1.82) is 0 Å². The van der Waals surface area contributed by atoms with Crippen LogP contribution in [0, 0.1) is 12.7 Å². The second kappa shape index (κ2) is 11.9. The summed E-state index contributed by atoms with van der Waals surface area (Å²) in [4.78, 5) is 26.2. The predicted octanol–water partition coefficient (Wildman–Crippen LogP) is 4.52. The van der Waals surface area contributed by atoms with Gasteiger partial charge in [-0.2, -0.15) is 5.10 Å². The van der Waals surface area contributed by atoms with Crippen molar-refractivity contribution < 1.29 is 14.0 Å². The molecule has 0 radical (unpaired) electrons. The second-order valence-electron chi connectivity index (χ2n) is 8.23. The minimum Gasteiger partial charge on any atom is -0.352 e. The summed E-state index contributed by atoms with van der Waals surface area (Å²) in [6.07, 6.45) is 4.05. The molecule has 2 amide bonds. The maximum atomic E-state index is 13.1. The third-order valence-corrected chi connectivity index (χ3v) is 5.65. The van der Waals surface area contributed by atoms with E-state index in [0.717, 1.165) is 48.2 Å². The van der Waals surface area contributed by atoms with E-state index in [1.165, 1.54) is 12.1 Å². The first kappa shape index (κ1) is 24.2. The number of nitrogens with one attached hydrogen (secondary N) is 2. The number of aryl methyl sites for hydroxylation is 2. The number of nitrogens with zero attached hydrogens (tertiary/aromatic N) is 2. The maximum absolute atomic E-state index is 13.1. The number of rotatable bonds is 11. The normalized spacial score (nSPS) is 10.8. The van der Waals surface area contributed by atoms with Gasteiger partial charge >= 0.3 is 0 Å². The maximum Gasteiger partial charge on any atom is 0.251 e. The summed E-state index contributed by atoms with van der Waals surface area (Å²) < 4.78 is 13.1. The number of hydrogen-bond donors (Lipinski definition) is 2. The molecular weight excluding hydrogens is 419 g/mol. The third kappa shape index (κ3) is 7.27. The molecule has 0 aliphatic carbocycles. The first-order valence-corrected chi connectivity index (χ1v) is 11.3. The Morgan fingerprint density at radius 3 is 2.58 bits per heavy atom. The highest BCUT2D eigenvalue weighted by Crippen LogP contribution is 2.19. The highest BCUT2D eigenvalue weighted by atomic mass is 19.1. The van der Waals surface area contributed by atoms with E-state index in [9.17, 15) is 14.0 Å². The Kier molecular flexibility index (Phi) is 8.75. The molecule has 7 heteroatoms. The molecule has 0 spiro atoms. The molecule has 174 valence electrons. The molecule has 0 aliphatic heterocycles.